The van der Waals surface area contributed by atoms with Gasteiger partial charge < -0.3 is 14.9 Å². The van der Waals surface area contributed by atoms with Crippen LogP contribution in [-0.4, -0.2) is 50.8 Å². The predicted molar refractivity (Wildman–Crippen MR) is 128 cm³/mol. The molecule has 9 nitrogen and oxygen atoms in total. The molecular formula is C27H21F3N2O7. The Morgan fingerprint density at radius 1 is 0.974 bits per heavy atom. The van der Waals surface area contributed by atoms with E-state index in [1.165, 1.54) is 12.1 Å². The number of hydrogen-bond donors (Lipinski definition) is 3. The monoisotopic (exact) mass is 542 g/mol. The summed E-state index contributed by atoms with van der Waals surface area (Å²) >= 11 is 0. The zero-order valence-electron chi connectivity index (χ0n) is 20.0. The van der Waals surface area contributed by atoms with Crippen molar-refractivity contribution in [2.45, 2.75) is 30.9 Å². The van der Waals surface area contributed by atoms with Gasteiger partial charge in [0.1, 0.15) is 11.3 Å². The van der Waals surface area contributed by atoms with Crippen LogP contribution in [-0.2, 0) is 25.7 Å². The van der Waals surface area contributed by atoms with Crippen LogP contribution in [0.15, 0.2) is 66.7 Å². The molecule has 2 fully saturated rings. The summed E-state index contributed by atoms with van der Waals surface area (Å²) in [6.45, 7) is -0.196. The molecule has 202 valence electrons. The first kappa shape index (κ1) is 26.2. The molecule has 3 N–H and O–H groups in total. The van der Waals surface area contributed by atoms with Gasteiger partial charge in [0.05, 0.1) is 24.8 Å². The minimum atomic E-state index is -5.01. The highest BCUT2D eigenvalue weighted by atomic mass is 19.4. The maximum absolute atomic E-state index is 13.7. The van der Waals surface area contributed by atoms with Crippen molar-refractivity contribution >= 4 is 34.5 Å². The Morgan fingerprint density at radius 3 is 2.36 bits per heavy atom. The van der Waals surface area contributed by atoms with Gasteiger partial charge in [0.15, 0.2) is 0 Å². The van der Waals surface area contributed by atoms with Crippen molar-refractivity contribution in [1.29, 1.82) is 0 Å². The van der Waals surface area contributed by atoms with Gasteiger partial charge in [0.25, 0.3) is 0 Å². The van der Waals surface area contributed by atoms with Crippen molar-refractivity contribution in [3.8, 4) is 5.75 Å². The van der Waals surface area contributed by atoms with Crippen molar-refractivity contribution in [2.75, 3.05) is 0 Å². The molecule has 0 aliphatic carbocycles. The topological polar surface area (TPSA) is 133 Å². The van der Waals surface area contributed by atoms with Gasteiger partial charge in [0, 0.05) is 6.04 Å². The second-order valence-corrected chi connectivity index (χ2v) is 9.49. The molecule has 0 aromatic heterocycles. The molecular weight excluding hydrogens is 521 g/mol. The molecule has 0 saturated carbocycles. The van der Waals surface area contributed by atoms with Crippen molar-refractivity contribution in [1.82, 2.24) is 10.2 Å². The molecule has 5 rings (SSSR count). The second kappa shape index (κ2) is 9.38. The second-order valence-electron chi connectivity index (χ2n) is 9.49. The third-order valence-electron chi connectivity index (χ3n) is 7.22. The summed E-state index contributed by atoms with van der Waals surface area (Å²) in [7, 11) is 0. The average Bonchev–Trinajstić information content (AvgIpc) is 3.33. The fourth-order valence-electron chi connectivity index (χ4n) is 5.68. The molecule has 2 amide bonds. The molecule has 4 unspecified atom stereocenters. The van der Waals surface area contributed by atoms with E-state index in [2.05, 4.69) is 10.1 Å². The molecule has 2 saturated heterocycles. The van der Waals surface area contributed by atoms with Crippen LogP contribution >= 0.6 is 0 Å². The number of rotatable bonds is 7. The number of likely N-dealkylation sites (tertiary alicyclic amines) is 1. The van der Waals surface area contributed by atoms with Crippen LogP contribution in [0.3, 0.4) is 0 Å². The minimum Gasteiger partial charge on any atom is -0.481 e. The normalized spacial score (nSPS) is 24.7. The van der Waals surface area contributed by atoms with Gasteiger partial charge in [-0.2, -0.15) is 0 Å². The number of halogens is 3. The highest BCUT2D eigenvalue weighted by Gasteiger charge is 2.69. The van der Waals surface area contributed by atoms with Crippen LogP contribution in [0, 0.1) is 11.8 Å². The summed E-state index contributed by atoms with van der Waals surface area (Å²) < 4.78 is 42.5. The Hall–Kier alpha value is -4.45. The van der Waals surface area contributed by atoms with Crippen molar-refractivity contribution < 1.29 is 47.3 Å². The van der Waals surface area contributed by atoms with Crippen molar-refractivity contribution in [3.05, 3.63) is 77.9 Å². The lowest BCUT2D eigenvalue weighted by Crippen LogP contribution is -2.56. The van der Waals surface area contributed by atoms with E-state index in [9.17, 15) is 42.6 Å². The number of carboxylic acid groups (broad SMARTS) is 2. The van der Waals surface area contributed by atoms with Gasteiger partial charge in [-0.05, 0) is 34.0 Å². The highest BCUT2D eigenvalue weighted by molar-refractivity contribution is 6.10. The van der Waals surface area contributed by atoms with E-state index in [4.69, 9.17) is 0 Å². The smallest absolute Gasteiger partial charge is 0.481 e. The lowest BCUT2D eigenvalue weighted by atomic mass is 9.77. The molecule has 0 spiro atoms. The largest absolute Gasteiger partial charge is 0.573 e. The zero-order chi connectivity index (χ0) is 28.1. The van der Waals surface area contributed by atoms with Gasteiger partial charge in [-0.15, -0.1) is 13.2 Å². The number of nitrogens with one attached hydrogen (secondary N) is 1. The molecule has 2 aliphatic heterocycles. The fourth-order valence-corrected chi connectivity index (χ4v) is 5.68. The zero-order valence-corrected chi connectivity index (χ0v) is 20.0. The SMILES string of the molecule is O=C(O)CC1(C(=O)O)NC(c2cccc(OC(F)(F)F)c2)C2C(=O)N(Cc3cccc4ccccc34)C(=O)C21. The predicted octanol–water partition coefficient (Wildman–Crippen LogP) is 3.48. The van der Waals surface area contributed by atoms with E-state index in [1.807, 2.05) is 18.2 Å². The standard InChI is InChI=1S/C27H21F3N2O7/c28-27(29,30)39-17-9-4-7-15(11-17)22-20-21(26(31-22,25(37)38)12-19(33)34)24(36)32(23(20)35)13-16-8-3-6-14-5-1-2-10-18(14)16/h1-11,20-22,31H,12-13H2,(H,33,34)(H,37,38). The van der Waals surface area contributed by atoms with E-state index in [0.29, 0.717) is 5.56 Å². The number of ether oxygens (including phenoxy) is 1. The van der Waals surface area contributed by atoms with E-state index >= 15 is 0 Å². The number of aliphatic carboxylic acids is 2. The number of carboxylic acids is 2. The fraction of sp³-hybridized carbons (Fsp3) is 0.259. The Balaban J connectivity index is 1.59. The molecule has 3 aromatic rings. The lowest BCUT2D eigenvalue weighted by Gasteiger charge is -2.30. The van der Waals surface area contributed by atoms with Crippen molar-refractivity contribution in [2.24, 2.45) is 11.8 Å². The quantitative estimate of drug-likeness (QED) is 0.387. The molecule has 2 aliphatic rings. The first-order chi connectivity index (χ1) is 18.4. The summed E-state index contributed by atoms with van der Waals surface area (Å²) in [5.41, 5.74) is -1.74. The van der Waals surface area contributed by atoms with E-state index in [1.54, 1.807) is 24.3 Å². The number of imide groups is 1. The van der Waals surface area contributed by atoms with Gasteiger partial charge in [-0.25, -0.2) is 0 Å². The molecule has 39 heavy (non-hydrogen) atoms. The number of nitrogens with zero attached hydrogens (tertiary/aromatic N) is 1. The highest BCUT2D eigenvalue weighted by Crippen LogP contribution is 2.51. The number of hydrogen-bond acceptors (Lipinski definition) is 6. The summed E-state index contributed by atoms with van der Waals surface area (Å²) in [5.74, 6) is -8.46. The van der Waals surface area contributed by atoms with Crippen LogP contribution < -0.4 is 10.1 Å². The third-order valence-corrected chi connectivity index (χ3v) is 7.22. The Bertz CT molecular complexity index is 1500. The number of amides is 2. The van der Waals surface area contributed by atoms with Crippen LogP contribution in [0.1, 0.15) is 23.6 Å². The van der Waals surface area contributed by atoms with Crippen LogP contribution in [0.25, 0.3) is 10.8 Å². The Morgan fingerprint density at radius 2 is 1.67 bits per heavy atom. The molecule has 2 heterocycles. The number of carbonyl (C=O) groups excluding carboxylic acids is 2. The molecule has 0 radical (unpaired) electrons. The summed E-state index contributed by atoms with van der Waals surface area (Å²) in [6, 6.07) is 15.9. The minimum absolute atomic E-state index is 0.0356. The van der Waals surface area contributed by atoms with Gasteiger partial charge in [-0.1, -0.05) is 54.6 Å². The van der Waals surface area contributed by atoms with E-state index < -0.39 is 65.7 Å². The van der Waals surface area contributed by atoms with Crippen LogP contribution in [0.5, 0.6) is 5.75 Å². The van der Waals surface area contributed by atoms with Crippen molar-refractivity contribution in [3.63, 3.8) is 0 Å². The van der Waals surface area contributed by atoms with Gasteiger partial charge in [0.2, 0.25) is 11.8 Å². The summed E-state index contributed by atoms with van der Waals surface area (Å²) in [5, 5.41) is 24.0. The first-order valence-electron chi connectivity index (χ1n) is 11.8. The summed E-state index contributed by atoms with van der Waals surface area (Å²) in [4.78, 5) is 52.7. The molecule has 12 heteroatoms. The van der Waals surface area contributed by atoms with Crippen LogP contribution in [0.4, 0.5) is 13.2 Å². The number of benzene rings is 3. The Labute approximate surface area is 218 Å². The number of fused-ring (bicyclic) bond motifs is 2. The molecule has 4 atom stereocenters. The van der Waals surface area contributed by atoms with E-state index in [0.717, 1.165) is 27.8 Å². The number of alkyl halides is 3. The van der Waals surface area contributed by atoms with Gasteiger partial charge in [-0.3, -0.25) is 29.4 Å². The van der Waals surface area contributed by atoms with Crippen LogP contribution in [0.2, 0.25) is 0 Å². The van der Waals surface area contributed by atoms with Gasteiger partial charge >= 0.3 is 18.3 Å². The lowest BCUT2D eigenvalue weighted by molar-refractivity contribution is -0.274. The molecule has 3 aromatic carbocycles. The first-order valence-corrected chi connectivity index (χ1v) is 11.8. The molecule has 0 bridgehead atoms. The third kappa shape index (κ3) is 4.56. The maximum atomic E-state index is 13.7. The summed E-state index contributed by atoms with van der Waals surface area (Å²) in [6.07, 6.45) is -6.05. The Kier molecular flexibility index (Phi) is 6.30. The average molecular weight is 542 g/mol. The maximum Gasteiger partial charge on any atom is 0.573 e. The number of carbonyl (C=O) groups is 4. The van der Waals surface area contributed by atoms with E-state index in [-0.39, 0.29) is 12.1 Å².